The summed E-state index contributed by atoms with van der Waals surface area (Å²) in [6.45, 7) is 4.15. The lowest BCUT2D eigenvalue weighted by Gasteiger charge is -2.34. The van der Waals surface area contributed by atoms with E-state index in [0.717, 1.165) is 12.0 Å². The van der Waals surface area contributed by atoms with E-state index in [1.54, 1.807) is 6.07 Å². The highest BCUT2D eigenvalue weighted by molar-refractivity contribution is 5.20. The Balaban J connectivity index is 2.12. The Bertz CT molecular complexity index is 407. The molecule has 3 heteroatoms. The molecule has 0 heterocycles. The van der Waals surface area contributed by atoms with Crippen molar-refractivity contribution < 1.29 is 9.13 Å². The molecule has 0 saturated heterocycles. The lowest BCUT2D eigenvalue weighted by molar-refractivity contribution is -0.0652. The summed E-state index contributed by atoms with van der Waals surface area (Å²) < 4.78 is 19.6. The predicted molar refractivity (Wildman–Crippen MR) is 75.3 cm³/mol. The number of benzene rings is 1. The topological polar surface area (TPSA) is 35.2 Å². The molecule has 0 aromatic heterocycles. The zero-order valence-electron chi connectivity index (χ0n) is 11.8. The first-order valence-corrected chi connectivity index (χ1v) is 7.24. The Morgan fingerprint density at radius 1 is 1.32 bits per heavy atom. The molecule has 2 nitrogen and oxygen atoms in total. The van der Waals surface area contributed by atoms with E-state index in [-0.39, 0.29) is 24.1 Å². The van der Waals surface area contributed by atoms with Gasteiger partial charge in [0.2, 0.25) is 0 Å². The first kappa shape index (κ1) is 14.5. The van der Waals surface area contributed by atoms with E-state index in [0.29, 0.717) is 5.92 Å². The molecular weight excluding hydrogens is 241 g/mol. The van der Waals surface area contributed by atoms with Crippen LogP contribution >= 0.6 is 0 Å². The number of nitrogens with two attached hydrogens (primary N) is 1. The summed E-state index contributed by atoms with van der Waals surface area (Å²) in [6, 6.07) is 6.45. The quantitative estimate of drug-likeness (QED) is 0.898. The molecule has 1 aromatic rings. The normalized spacial score (nSPS) is 26.9. The minimum Gasteiger partial charge on any atom is -0.368 e. The van der Waals surface area contributed by atoms with Crippen LogP contribution in [0.1, 0.15) is 51.2 Å². The molecule has 0 bridgehead atoms. The largest absolute Gasteiger partial charge is 0.368 e. The van der Waals surface area contributed by atoms with Crippen molar-refractivity contribution in [2.75, 3.05) is 0 Å². The van der Waals surface area contributed by atoms with Crippen molar-refractivity contribution in [3.63, 3.8) is 0 Å². The maximum Gasteiger partial charge on any atom is 0.123 e. The molecule has 2 rings (SSSR count). The molecule has 0 aliphatic heterocycles. The third-order valence-corrected chi connectivity index (χ3v) is 4.01. The molecule has 1 aliphatic carbocycles. The van der Waals surface area contributed by atoms with Crippen LogP contribution in [0.3, 0.4) is 0 Å². The summed E-state index contributed by atoms with van der Waals surface area (Å²) >= 11 is 0. The number of hydrogen-bond acceptors (Lipinski definition) is 2. The van der Waals surface area contributed by atoms with E-state index >= 15 is 0 Å². The average molecular weight is 265 g/mol. The second kappa shape index (κ2) is 6.49. The molecule has 4 atom stereocenters. The van der Waals surface area contributed by atoms with Crippen LogP contribution in [0.4, 0.5) is 4.39 Å². The van der Waals surface area contributed by atoms with Gasteiger partial charge >= 0.3 is 0 Å². The van der Waals surface area contributed by atoms with Crippen LogP contribution in [-0.2, 0) is 4.74 Å². The maximum atomic E-state index is 13.3. The van der Waals surface area contributed by atoms with E-state index in [1.165, 1.54) is 31.4 Å². The van der Waals surface area contributed by atoms with Crippen molar-refractivity contribution in [1.29, 1.82) is 0 Å². The molecule has 1 aliphatic rings. The van der Waals surface area contributed by atoms with Crippen molar-refractivity contribution >= 4 is 0 Å². The van der Waals surface area contributed by atoms with Gasteiger partial charge in [-0.3, -0.25) is 0 Å². The average Bonchev–Trinajstić information content (AvgIpc) is 2.37. The highest BCUT2D eigenvalue weighted by Crippen LogP contribution is 2.32. The summed E-state index contributed by atoms with van der Waals surface area (Å²) in [5.74, 6) is 0.326. The van der Waals surface area contributed by atoms with Gasteiger partial charge in [0.05, 0.1) is 12.2 Å². The van der Waals surface area contributed by atoms with Gasteiger partial charge in [0.25, 0.3) is 0 Å². The summed E-state index contributed by atoms with van der Waals surface area (Å²) in [6.07, 6.45) is 4.81. The molecule has 4 unspecified atom stereocenters. The number of ether oxygens (including phenoxy) is 1. The van der Waals surface area contributed by atoms with Gasteiger partial charge in [0, 0.05) is 6.04 Å². The molecule has 19 heavy (non-hydrogen) atoms. The van der Waals surface area contributed by atoms with Crippen molar-refractivity contribution in [3.05, 3.63) is 35.6 Å². The van der Waals surface area contributed by atoms with Crippen LogP contribution < -0.4 is 5.73 Å². The molecule has 0 spiro atoms. The fraction of sp³-hybridized carbons (Fsp3) is 0.625. The van der Waals surface area contributed by atoms with Gasteiger partial charge in [-0.05, 0) is 43.4 Å². The Morgan fingerprint density at radius 2 is 2.05 bits per heavy atom. The Morgan fingerprint density at radius 3 is 2.68 bits per heavy atom. The van der Waals surface area contributed by atoms with Gasteiger partial charge in [0.1, 0.15) is 5.82 Å². The smallest absolute Gasteiger partial charge is 0.123 e. The van der Waals surface area contributed by atoms with Gasteiger partial charge in [-0.15, -0.1) is 0 Å². The summed E-state index contributed by atoms with van der Waals surface area (Å²) in [7, 11) is 0. The summed E-state index contributed by atoms with van der Waals surface area (Å²) in [4.78, 5) is 0. The maximum absolute atomic E-state index is 13.3. The van der Waals surface area contributed by atoms with Crippen molar-refractivity contribution in [3.8, 4) is 0 Å². The lowest BCUT2D eigenvalue weighted by atomic mass is 9.87. The Kier molecular flexibility index (Phi) is 4.94. The van der Waals surface area contributed by atoms with Gasteiger partial charge < -0.3 is 10.5 Å². The number of halogens is 1. The fourth-order valence-electron chi connectivity index (χ4n) is 2.86. The predicted octanol–water partition coefficient (Wildman–Crippen LogP) is 3.81. The molecule has 106 valence electrons. The molecule has 1 aromatic carbocycles. The minimum absolute atomic E-state index is 0.143. The monoisotopic (exact) mass is 265 g/mol. The molecular formula is C16H24FNO. The summed E-state index contributed by atoms with van der Waals surface area (Å²) in [5, 5.41) is 0. The zero-order valence-corrected chi connectivity index (χ0v) is 11.8. The van der Waals surface area contributed by atoms with Gasteiger partial charge in [-0.1, -0.05) is 31.9 Å². The summed E-state index contributed by atoms with van der Waals surface area (Å²) in [5.41, 5.74) is 6.87. The lowest BCUT2D eigenvalue weighted by Crippen LogP contribution is -2.34. The highest BCUT2D eigenvalue weighted by atomic mass is 19.1. The van der Waals surface area contributed by atoms with E-state index in [1.807, 2.05) is 13.0 Å². The van der Waals surface area contributed by atoms with Crippen LogP contribution in [0, 0.1) is 11.7 Å². The van der Waals surface area contributed by atoms with Crippen molar-refractivity contribution in [2.24, 2.45) is 11.7 Å². The van der Waals surface area contributed by atoms with Gasteiger partial charge in [-0.25, -0.2) is 4.39 Å². The zero-order chi connectivity index (χ0) is 13.8. The minimum atomic E-state index is -0.233. The second-order valence-corrected chi connectivity index (χ2v) is 5.77. The van der Waals surface area contributed by atoms with Gasteiger partial charge in [-0.2, -0.15) is 0 Å². The van der Waals surface area contributed by atoms with Crippen LogP contribution in [0.15, 0.2) is 24.3 Å². The van der Waals surface area contributed by atoms with Crippen LogP contribution in [0.25, 0.3) is 0 Å². The fourth-order valence-corrected chi connectivity index (χ4v) is 2.86. The van der Waals surface area contributed by atoms with E-state index < -0.39 is 0 Å². The van der Waals surface area contributed by atoms with E-state index in [9.17, 15) is 4.39 Å². The molecule has 1 saturated carbocycles. The third kappa shape index (κ3) is 3.77. The van der Waals surface area contributed by atoms with Crippen LogP contribution in [0.2, 0.25) is 0 Å². The molecule has 1 fully saturated rings. The van der Waals surface area contributed by atoms with Crippen LogP contribution in [-0.4, -0.2) is 12.1 Å². The van der Waals surface area contributed by atoms with E-state index in [4.69, 9.17) is 10.5 Å². The Labute approximate surface area is 115 Å². The first-order chi connectivity index (χ1) is 9.08. The Hall–Kier alpha value is -0.930. The molecule has 2 N–H and O–H groups in total. The van der Waals surface area contributed by atoms with Gasteiger partial charge in [0.15, 0.2) is 0 Å². The standard InChI is InChI=1S/C16H24FNO/c1-11-6-3-4-9-15(11)19-16(12(2)18)13-7-5-8-14(17)10-13/h5,7-8,10-12,15-16H,3-4,6,9,18H2,1-2H3. The number of rotatable bonds is 4. The van der Waals surface area contributed by atoms with Crippen molar-refractivity contribution in [1.82, 2.24) is 0 Å². The van der Waals surface area contributed by atoms with Crippen LogP contribution in [0.5, 0.6) is 0 Å². The molecule has 0 radical (unpaired) electrons. The SMILES string of the molecule is CC(N)C(OC1CCCCC1C)c1cccc(F)c1. The third-order valence-electron chi connectivity index (χ3n) is 4.01. The van der Waals surface area contributed by atoms with E-state index in [2.05, 4.69) is 6.92 Å². The van der Waals surface area contributed by atoms with Crippen molar-refractivity contribution in [2.45, 2.75) is 57.8 Å². The number of hydrogen-bond donors (Lipinski definition) is 1. The second-order valence-electron chi connectivity index (χ2n) is 5.77. The first-order valence-electron chi connectivity index (χ1n) is 7.24. The molecule has 0 amide bonds. The highest BCUT2D eigenvalue weighted by Gasteiger charge is 2.27.